The van der Waals surface area contributed by atoms with Gasteiger partial charge in [0.05, 0.1) is 18.0 Å². The first-order chi connectivity index (χ1) is 11.9. The summed E-state index contributed by atoms with van der Waals surface area (Å²) < 4.78 is 9.61. The fourth-order valence-electron chi connectivity index (χ4n) is 2.32. The van der Waals surface area contributed by atoms with E-state index in [9.17, 15) is 19.2 Å². The van der Waals surface area contributed by atoms with Gasteiger partial charge in [0.2, 0.25) is 0 Å². The SMILES string of the molecule is C.C.CCOC(=O)N1CCC(=O)C(Br)C1.CCOC(=O)N1CCC(=O)CC1. The second-order valence-corrected chi connectivity index (χ2v) is 6.66. The van der Waals surface area contributed by atoms with Crippen molar-refractivity contribution in [1.82, 2.24) is 9.80 Å². The lowest BCUT2D eigenvalue weighted by atomic mass is 10.1. The molecule has 8 nitrogen and oxygen atoms in total. The molecule has 0 aromatic heterocycles. The van der Waals surface area contributed by atoms with Crippen LogP contribution in [0.4, 0.5) is 9.59 Å². The molecule has 2 fully saturated rings. The molecular formula is C18H33BrN2O6. The van der Waals surface area contributed by atoms with Crippen LogP contribution in [0.2, 0.25) is 0 Å². The normalized spacial score (nSPS) is 19.0. The topological polar surface area (TPSA) is 93.2 Å². The van der Waals surface area contributed by atoms with Crippen LogP contribution in [-0.2, 0) is 19.1 Å². The number of alkyl halides is 1. The molecular weight excluding hydrogens is 420 g/mol. The van der Waals surface area contributed by atoms with Crippen LogP contribution in [0.3, 0.4) is 0 Å². The maximum absolute atomic E-state index is 11.2. The Morgan fingerprint density at radius 3 is 1.81 bits per heavy atom. The Bertz CT molecular complexity index is 490. The van der Waals surface area contributed by atoms with Crippen molar-refractivity contribution in [2.24, 2.45) is 0 Å². The van der Waals surface area contributed by atoms with Crippen LogP contribution in [0.1, 0.15) is 48.0 Å². The van der Waals surface area contributed by atoms with Crippen molar-refractivity contribution < 1.29 is 28.7 Å². The van der Waals surface area contributed by atoms with Gasteiger partial charge < -0.3 is 19.3 Å². The number of likely N-dealkylation sites (tertiary alicyclic amines) is 2. The number of ketones is 2. The smallest absolute Gasteiger partial charge is 0.409 e. The van der Waals surface area contributed by atoms with E-state index in [1.807, 2.05) is 0 Å². The minimum atomic E-state index is -0.334. The standard InChI is InChI=1S/C8H12BrNO3.C8H13NO3.2CH4/c1-2-13-8(12)10-4-3-7(11)6(9)5-10;1-2-12-8(11)9-5-3-7(10)4-6-9;;/h6H,2-5H2,1H3;2-6H2,1H3;2*1H4. The summed E-state index contributed by atoms with van der Waals surface area (Å²) in [6.45, 7) is 6.21. The molecule has 2 rings (SSSR count). The van der Waals surface area contributed by atoms with E-state index in [-0.39, 0.29) is 43.4 Å². The van der Waals surface area contributed by atoms with E-state index >= 15 is 0 Å². The van der Waals surface area contributed by atoms with Crippen molar-refractivity contribution in [3.63, 3.8) is 0 Å². The number of hydrogen-bond donors (Lipinski definition) is 0. The van der Waals surface area contributed by atoms with Crippen LogP contribution in [0, 0.1) is 0 Å². The number of carbonyl (C=O) groups excluding carboxylic acids is 4. The van der Waals surface area contributed by atoms with Crippen molar-refractivity contribution in [3.8, 4) is 0 Å². The van der Waals surface area contributed by atoms with E-state index in [2.05, 4.69) is 15.9 Å². The van der Waals surface area contributed by atoms with Crippen LogP contribution in [0.25, 0.3) is 0 Å². The summed E-state index contributed by atoms with van der Waals surface area (Å²) in [6, 6.07) is 0. The lowest BCUT2D eigenvalue weighted by Crippen LogP contribution is -2.44. The molecule has 2 aliphatic rings. The zero-order valence-electron chi connectivity index (χ0n) is 14.7. The number of amides is 2. The van der Waals surface area contributed by atoms with Crippen LogP contribution in [0.15, 0.2) is 0 Å². The van der Waals surface area contributed by atoms with Gasteiger partial charge >= 0.3 is 12.2 Å². The van der Waals surface area contributed by atoms with Crippen molar-refractivity contribution in [2.75, 3.05) is 39.4 Å². The predicted molar refractivity (Wildman–Crippen MR) is 107 cm³/mol. The van der Waals surface area contributed by atoms with Crippen molar-refractivity contribution >= 4 is 39.7 Å². The summed E-state index contributed by atoms with van der Waals surface area (Å²) >= 11 is 3.21. The van der Waals surface area contributed by atoms with Gasteiger partial charge in [-0.25, -0.2) is 9.59 Å². The average Bonchev–Trinajstić information content (AvgIpc) is 2.59. The van der Waals surface area contributed by atoms with Gasteiger partial charge in [0, 0.05) is 45.4 Å². The summed E-state index contributed by atoms with van der Waals surface area (Å²) in [5, 5.41) is 0. The molecule has 0 aromatic carbocycles. The number of nitrogens with zero attached hydrogens (tertiary/aromatic N) is 2. The number of piperidine rings is 2. The molecule has 0 aromatic rings. The number of rotatable bonds is 2. The summed E-state index contributed by atoms with van der Waals surface area (Å²) in [7, 11) is 0. The third-order valence-electron chi connectivity index (χ3n) is 3.73. The Balaban J connectivity index is 0. The molecule has 0 spiro atoms. The zero-order valence-corrected chi connectivity index (χ0v) is 16.2. The van der Waals surface area contributed by atoms with Gasteiger partial charge in [0.1, 0.15) is 11.6 Å². The Labute approximate surface area is 170 Å². The average molecular weight is 453 g/mol. The Hall–Kier alpha value is -1.64. The number of Topliss-reactive ketones (excluding diaryl/α,β-unsaturated/α-hetero) is 2. The van der Waals surface area contributed by atoms with Crippen molar-refractivity contribution in [3.05, 3.63) is 0 Å². The molecule has 1 unspecified atom stereocenters. The molecule has 0 saturated carbocycles. The molecule has 2 aliphatic heterocycles. The molecule has 0 radical (unpaired) electrons. The largest absolute Gasteiger partial charge is 0.450 e. The lowest BCUT2D eigenvalue weighted by Gasteiger charge is -2.28. The van der Waals surface area contributed by atoms with E-state index in [1.165, 1.54) is 0 Å². The Morgan fingerprint density at radius 1 is 0.926 bits per heavy atom. The van der Waals surface area contributed by atoms with Gasteiger partial charge in [-0.2, -0.15) is 0 Å². The molecule has 158 valence electrons. The third kappa shape index (κ3) is 9.74. The zero-order chi connectivity index (χ0) is 18.8. The van der Waals surface area contributed by atoms with E-state index < -0.39 is 0 Å². The minimum absolute atomic E-state index is 0. The molecule has 27 heavy (non-hydrogen) atoms. The molecule has 2 heterocycles. The van der Waals surface area contributed by atoms with Gasteiger partial charge in [-0.1, -0.05) is 30.8 Å². The van der Waals surface area contributed by atoms with Gasteiger partial charge in [0.25, 0.3) is 0 Å². The second kappa shape index (κ2) is 14.4. The van der Waals surface area contributed by atoms with Gasteiger partial charge in [-0.05, 0) is 13.8 Å². The van der Waals surface area contributed by atoms with Gasteiger partial charge in [-0.15, -0.1) is 0 Å². The molecule has 2 saturated heterocycles. The van der Waals surface area contributed by atoms with Gasteiger partial charge in [0.15, 0.2) is 0 Å². The monoisotopic (exact) mass is 452 g/mol. The van der Waals surface area contributed by atoms with E-state index in [0.29, 0.717) is 58.7 Å². The first-order valence-electron chi connectivity index (χ1n) is 8.40. The fourth-order valence-corrected chi connectivity index (χ4v) is 2.90. The van der Waals surface area contributed by atoms with Crippen molar-refractivity contribution in [2.45, 2.75) is 52.8 Å². The molecule has 1 atom stereocenters. The second-order valence-electron chi connectivity index (χ2n) is 5.55. The number of hydrogen-bond acceptors (Lipinski definition) is 6. The maximum atomic E-state index is 11.2. The Kier molecular flexibility index (Phi) is 14.7. The van der Waals surface area contributed by atoms with Crippen LogP contribution in [0.5, 0.6) is 0 Å². The number of carbonyl (C=O) groups is 4. The van der Waals surface area contributed by atoms with Gasteiger partial charge in [-0.3, -0.25) is 9.59 Å². The highest BCUT2D eigenvalue weighted by molar-refractivity contribution is 9.10. The molecule has 0 aliphatic carbocycles. The summed E-state index contributed by atoms with van der Waals surface area (Å²) in [4.78, 5) is 47.1. The first-order valence-corrected chi connectivity index (χ1v) is 9.32. The summed E-state index contributed by atoms with van der Waals surface area (Å²) in [5.41, 5.74) is 0. The quantitative estimate of drug-likeness (QED) is 0.596. The van der Waals surface area contributed by atoms with Crippen molar-refractivity contribution in [1.29, 1.82) is 0 Å². The molecule has 0 N–H and O–H groups in total. The molecule has 9 heteroatoms. The molecule has 0 bridgehead atoms. The van der Waals surface area contributed by atoms with E-state index in [1.54, 1.807) is 23.6 Å². The highest BCUT2D eigenvalue weighted by Gasteiger charge is 2.28. The first kappa shape index (κ1) is 27.6. The molecule has 2 amide bonds. The fraction of sp³-hybridized carbons (Fsp3) is 0.778. The Morgan fingerprint density at radius 2 is 1.37 bits per heavy atom. The number of halogens is 1. The van der Waals surface area contributed by atoms with E-state index in [4.69, 9.17) is 9.47 Å². The predicted octanol–water partition coefficient (Wildman–Crippen LogP) is 3.26. The minimum Gasteiger partial charge on any atom is -0.450 e. The summed E-state index contributed by atoms with van der Waals surface area (Å²) in [5.74, 6) is 0.385. The van der Waals surface area contributed by atoms with Crippen LogP contribution in [-0.4, -0.2) is 77.8 Å². The van der Waals surface area contributed by atoms with E-state index in [0.717, 1.165) is 0 Å². The lowest BCUT2D eigenvalue weighted by molar-refractivity contribution is -0.121. The highest BCUT2D eigenvalue weighted by atomic mass is 79.9. The summed E-state index contributed by atoms with van der Waals surface area (Å²) in [6.07, 6.45) is 0.719. The van der Waals surface area contributed by atoms with Crippen LogP contribution >= 0.6 is 15.9 Å². The highest BCUT2D eigenvalue weighted by Crippen LogP contribution is 2.14. The van der Waals surface area contributed by atoms with Crippen LogP contribution < -0.4 is 0 Å². The number of ether oxygens (including phenoxy) is 2. The third-order valence-corrected chi connectivity index (χ3v) is 4.53. The maximum Gasteiger partial charge on any atom is 0.409 e.